The molecule has 0 amide bonds. The Morgan fingerprint density at radius 1 is 1.03 bits per heavy atom. The summed E-state index contributed by atoms with van der Waals surface area (Å²) in [6.45, 7) is 2.59. The Hall–Kier alpha value is -3.26. The monoisotopic (exact) mass is 459 g/mol. The van der Waals surface area contributed by atoms with Crippen molar-refractivity contribution in [3.63, 3.8) is 0 Å². The highest BCUT2D eigenvalue weighted by molar-refractivity contribution is 6.30. The lowest BCUT2D eigenvalue weighted by Crippen LogP contribution is -2.15. The van der Waals surface area contributed by atoms with Crippen LogP contribution in [0.4, 0.5) is 13.2 Å². The van der Waals surface area contributed by atoms with Gasteiger partial charge in [-0.15, -0.1) is 0 Å². The molecular formula is C23H17ClF3N3O2. The zero-order valence-electron chi connectivity index (χ0n) is 16.9. The van der Waals surface area contributed by atoms with Crippen LogP contribution >= 0.6 is 11.6 Å². The van der Waals surface area contributed by atoms with Gasteiger partial charge in [0.15, 0.2) is 17.1 Å². The van der Waals surface area contributed by atoms with Gasteiger partial charge >= 0.3 is 6.18 Å². The summed E-state index contributed by atoms with van der Waals surface area (Å²) in [7, 11) is 0. The fraction of sp³-hybridized carbons (Fsp3) is 0.217. The normalized spacial score (nSPS) is 13.5. The van der Waals surface area contributed by atoms with E-state index in [-0.39, 0.29) is 29.0 Å². The minimum atomic E-state index is -4.57. The summed E-state index contributed by atoms with van der Waals surface area (Å²) in [4.78, 5) is 4.58. The second-order valence-electron chi connectivity index (χ2n) is 7.48. The first kappa shape index (κ1) is 20.6. The minimum Gasteiger partial charge on any atom is -0.486 e. The third-order valence-electron chi connectivity index (χ3n) is 5.24. The maximum Gasteiger partial charge on any atom is 0.417 e. The molecule has 0 unspecified atom stereocenters. The van der Waals surface area contributed by atoms with E-state index in [1.165, 1.54) is 4.68 Å². The van der Waals surface area contributed by atoms with Gasteiger partial charge < -0.3 is 9.47 Å². The van der Waals surface area contributed by atoms with Gasteiger partial charge in [-0.2, -0.15) is 18.3 Å². The number of ether oxygens (including phenoxy) is 2. The Balaban J connectivity index is 1.69. The largest absolute Gasteiger partial charge is 0.486 e. The predicted octanol–water partition coefficient (Wildman–Crippen LogP) is 5.90. The molecule has 0 bridgehead atoms. The molecule has 0 radical (unpaired) electrons. The molecule has 1 aliphatic heterocycles. The molecule has 4 aromatic rings. The number of aromatic nitrogens is 3. The molecule has 164 valence electrons. The number of benzene rings is 2. The smallest absolute Gasteiger partial charge is 0.417 e. The second kappa shape index (κ2) is 7.70. The van der Waals surface area contributed by atoms with Crippen molar-refractivity contribution in [1.82, 2.24) is 14.8 Å². The van der Waals surface area contributed by atoms with Crippen LogP contribution in [0.3, 0.4) is 0 Å². The fourth-order valence-electron chi connectivity index (χ4n) is 3.85. The SMILES string of the molecule is Cc1nn(Cc2cccc(Cl)c2)c2nc(-c3ccc4c(c3)OCCO4)cc(C(F)(F)F)c12. The van der Waals surface area contributed by atoms with E-state index >= 15 is 0 Å². The van der Waals surface area contributed by atoms with Gasteiger partial charge in [-0.1, -0.05) is 23.7 Å². The van der Waals surface area contributed by atoms with Crippen LogP contribution in [0, 0.1) is 6.92 Å². The summed E-state index contributed by atoms with van der Waals surface area (Å²) in [6, 6.07) is 13.2. The molecule has 0 saturated heterocycles. The number of hydrogen-bond donors (Lipinski definition) is 0. The Kier molecular flexibility index (Phi) is 4.97. The summed E-state index contributed by atoms with van der Waals surface area (Å²) < 4.78 is 54.7. The molecule has 3 heterocycles. The average molecular weight is 460 g/mol. The molecule has 0 aliphatic carbocycles. The first-order chi connectivity index (χ1) is 15.3. The van der Waals surface area contributed by atoms with Gasteiger partial charge in [-0.25, -0.2) is 9.67 Å². The zero-order chi connectivity index (χ0) is 22.5. The standard InChI is InChI=1S/C23H17ClF3N3O2/c1-13-21-17(23(25,26)27)11-18(15-5-6-19-20(10-15)32-8-7-31-19)28-22(21)30(29-13)12-14-3-2-4-16(24)9-14/h2-6,9-11H,7-8,12H2,1H3. The number of halogens is 4. The number of pyridine rings is 1. The van der Waals surface area contributed by atoms with Crippen molar-refractivity contribution in [2.24, 2.45) is 0 Å². The molecule has 5 nitrogen and oxygen atoms in total. The van der Waals surface area contributed by atoms with E-state index in [1.807, 2.05) is 6.07 Å². The summed E-state index contributed by atoms with van der Waals surface area (Å²) in [5.41, 5.74) is 1.12. The Morgan fingerprint density at radius 2 is 1.81 bits per heavy atom. The number of hydrogen-bond acceptors (Lipinski definition) is 4. The highest BCUT2D eigenvalue weighted by Crippen LogP contribution is 2.40. The lowest BCUT2D eigenvalue weighted by Gasteiger charge is -2.19. The van der Waals surface area contributed by atoms with E-state index in [4.69, 9.17) is 21.1 Å². The predicted molar refractivity (Wildman–Crippen MR) is 114 cm³/mol. The second-order valence-corrected chi connectivity index (χ2v) is 7.92. The molecule has 5 rings (SSSR count). The lowest BCUT2D eigenvalue weighted by atomic mass is 10.0. The van der Waals surface area contributed by atoms with Crippen molar-refractivity contribution in [2.45, 2.75) is 19.6 Å². The quantitative estimate of drug-likeness (QED) is 0.383. The maximum atomic E-state index is 14.0. The van der Waals surface area contributed by atoms with Crippen LogP contribution in [0.25, 0.3) is 22.3 Å². The average Bonchev–Trinajstić information content (AvgIpc) is 3.07. The Labute approximate surface area is 186 Å². The molecule has 0 saturated carbocycles. The van der Waals surface area contributed by atoms with E-state index in [0.29, 0.717) is 35.3 Å². The van der Waals surface area contributed by atoms with Crippen LogP contribution in [0.1, 0.15) is 16.8 Å². The van der Waals surface area contributed by atoms with Gasteiger partial charge in [0.25, 0.3) is 0 Å². The Bertz CT molecular complexity index is 1330. The number of alkyl halides is 3. The molecule has 2 aromatic heterocycles. The zero-order valence-corrected chi connectivity index (χ0v) is 17.7. The molecule has 2 aromatic carbocycles. The van der Waals surface area contributed by atoms with Crippen LogP contribution < -0.4 is 9.47 Å². The third kappa shape index (κ3) is 3.75. The molecular weight excluding hydrogens is 443 g/mol. The summed E-state index contributed by atoms with van der Waals surface area (Å²) in [6.07, 6.45) is -4.57. The van der Waals surface area contributed by atoms with Crippen molar-refractivity contribution < 1.29 is 22.6 Å². The van der Waals surface area contributed by atoms with Crippen LogP contribution in [0.2, 0.25) is 5.02 Å². The first-order valence-electron chi connectivity index (χ1n) is 9.89. The molecule has 0 atom stereocenters. The van der Waals surface area contributed by atoms with Gasteiger partial charge in [0, 0.05) is 10.6 Å². The lowest BCUT2D eigenvalue weighted by molar-refractivity contribution is -0.136. The first-order valence-corrected chi connectivity index (χ1v) is 10.3. The van der Waals surface area contributed by atoms with Crippen molar-refractivity contribution in [2.75, 3.05) is 13.2 Å². The van der Waals surface area contributed by atoms with Crippen molar-refractivity contribution in [1.29, 1.82) is 0 Å². The molecule has 9 heteroatoms. The van der Waals surface area contributed by atoms with Gasteiger partial charge in [-0.05, 0) is 48.9 Å². The molecule has 32 heavy (non-hydrogen) atoms. The van der Waals surface area contributed by atoms with E-state index in [0.717, 1.165) is 11.6 Å². The highest BCUT2D eigenvalue weighted by Gasteiger charge is 2.35. The topological polar surface area (TPSA) is 49.2 Å². The number of aryl methyl sites for hydroxylation is 1. The summed E-state index contributed by atoms with van der Waals surface area (Å²) >= 11 is 6.07. The van der Waals surface area contributed by atoms with Crippen molar-refractivity contribution in [3.8, 4) is 22.8 Å². The van der Waals surface area contributed by atoms with Gasteiger partial charge in [0.05, 0.1) is 28.9 Å². The van der Waals surface area contributed by atoms with E-state index in [2.05, 4.69) is 10.1 Å². The van der Waals surface area contributed by atoms with Gasteiger partial charge in [-0.3, -0.25) is 0 Å². The van der Waals surface area contributed by atoms with Crippen molar-refractivity contribution >= 4 is 22.6 Å². The van der Waals surface area contributed by atoms with E-state index in [1.54, 1.807) is 43.3 Å². The summed E-state index contributed by atoms with van der Waals surface area (Å²) in [5.74, 6) is 1.03. The van der Waals surface area contributed by atoms with Crippen LogP contribution in [0.5, 0.6) is 11.5 Å². The van der Waals surface area contributed by atoms with Crippen molar-refractivity contribution in [3.05, 3.63) is 70.4 Å². The number of rotatable bonds is 3. The van der Waals surface area contributed by atoms with Crippen LogP contribution in [-0.4, -0.2) is 28.0 Å². The third-order valence-corrected chi connectivity index (χ3v) is 5.48. The minimum absolute atomic E-state index is 0.0131. The molecule has 0 N–H and O–H groups in total. The van der Waals surface area contributed by atoms with Crippen LogP contribution in [0.15, 0.2) is 48.5 Å². The molecule has 0 spiro atoms. The van der Waals surface area contributed by atoms with Gasteiger partial charge in [0.2, 0.25) is 0 Å². The fourth-order valence-corrected chi connectivity index (χ4v) is 4.06. The summed E-state index contributed by atoms with van der Waals surface area (Å²) in [5, 5.41) is 4.89. The Morgan fingerprint density at radius 3 is 2.56 bits per heavy atom. The van der Waals surface area contributed by atoms with Gasteiger partial charge in [0.1, 0.15) is 13.2 Å². The van der Waals surface area contributed by atoms with E-state index in [9.17, 15) is 13.2 Å². The maximum absolute atomic E-state index is 14.0. The number of fused-ring (bicyclic) bond motifs is 2. The molecule has 0 fully saturated rings. The number of nitrogens with zero attached hydrogens (tertiary/aromatic N) is 3. The van der Waals surface area contributed by atoms with Crippen LogP contribution in [-0.2, 0) is 12.7 Å². The highest BCUT2D eigenvalue weighted by atomic mass is 35.5. The molecule has 1 aliphatic rings. The van der Waals surface area contributed by atoms with E-state index < -0.39 is 11.7 Å².